The summed E-state index contributed by atoms with van der Waals surface area (Å²) in [6.45, 7) is 1.51. The second-order valence-corrected chi connectivity index (χ2v) is 2.47. The zero-order valence-corrected chi connectivity index (χ0v) is 7.03. The second-order valence-electron chi connectivity index (χ2n) is 2.47. The number of carbonyl (C=O) groups excluding carboxylic acids is 2. The van der Waals surface area contributed by atoms with Crippen molar-refractivity contribution in [2.45, 2.75) is 13.8 Å². The SMILES string of the molecule is CC(=O)C(C(C)=O)(C(=O)O)C(=O)O. The fraction of sp³-hybridized carbons (Fsp3) is 0.429. The molecule has 0 aromatic carbocycles. The zero-order valence-electron chi connectivity index (χ0n) is 7.03. The van der Waals surface area contributed by atoms with E-state index in [1.54, 1.807) is 0 Å². The lowest BCUT2D eigenvalue weighted by Gasteiger charge is -2.17. The van der Waals surface area contributed by atoms with E-state index < -0.39 is 28.9 Å². The number of hydrogen-bond donors (Lipinski definition) is 2. The van der Waals surface area contributed by atoms with Gasteiger partial charge in [-0.3, -0.25) is 19.2 Å². The summed E-state index contributed by atoms with van der Waals surface area (Å²) >= 11 is 0. The maximum absolute atomic E-state index is 10.8. The van der Waals surface area contributed by atoms with Crippen molar-refractivity contribution >= 4 is 23.5 Å². The fourth-order valence-electron chi connectivity index (χ4n) is 0.942. The molecule has 0 bridgehead atoms. The summed E-state index contributed by atoms with van der Waals surface area (Å²) in [5.74, 6) is -6.33. The maximum Gasteiger partial charge on any atom is 0.336 e. The number of carbonyl (C=O) groups is 4. The normalized spacial score (nSPS) is 10.6. The van der Waals surface area contributed by atoms with Gasteiger partial charge in [0.1, 0.15) is 0 Å². The van der Waals surface area contributed by atoms with Crippen LogP contribution in [0, 0.1) is 5.41 Å². The van der Waals surface area contributed by atoms with Crippen LogP contribution in [0.4, 0.5) is 0 Å². The van der Waals surface area contributed by atoms with E-state index in [1.807, 2.05) is 0 Å². The number of ketones is 2. The molecule has 0 amide bonds. The van der Waals surface area contributed by atoms with Gasteiger partial charge in [0, 0.05) is 0 Å². The van der Waals surface area contributed by atoms with Crippen LogP contribution in [0.15, 0.2) is 0 Å². The molecule has 0 radical (unpaired) electrons. The Bertz CT molecular complexity index is 228. The molecule has 0 rings (SSSR count). The lowest BCUT2D eigenvalue weighted by molar-refractivity contribution is -0.170. The highest BCUT2D eigenvalue weighted by Gasteiger charge is 2.56. The summed E-state index contributed by atoms with van der Waals surface area (Å²) in [5, 5.41) is 17.0. The van der Waals surface area contributed by atoms with Gasteiger partial charge in [0.2, 0.25) is 0 Å². The summed E-state index contributed by atoms with van der Waals surface area (Å²) in [5.41, 5.74) is -2.94. The Labute approximate surface area is 73.2 Å². The quantitative estimate of drug-likeness (QED) is 0.565. The molecule has 6 heteroatoms. The number of carboxylic acids is 2. The van der Waals surface area contributed by atoms with Crippen LogP contribution in [0.3, 0.4) is 0 Å². The van der Waals surface area contributed by atoms with Crippen LogP contribution in [0.2, 0.25) is 0 Å². The average Bonchev–Trinajstić information content (AvgIpc) is 1.82. The third-order valence-electron chi connectivity index (χ3n) is 1.70. The van der Waals surface area contributed by atoms with Gasteiger partial charge in [-0.2, -0.15) is 0 Å². The largest absolute Gasteiger partial charge is 0.480 e. The molecule has 0 aliphatic rings. The Balaban J connectivity index is 5.60. The molecule has 72 valence electrons. The molecular formula is C7H8O6. The minimum atomic E-state index is -2.94. The summed E-state index contributed by atoms with van der Waals surface area (Å²) in [6, 6.07) is 0. The van der Waals surface area contributed by atoms with Crippen LogP contribution in [-0.2, 0) is 19.2 Å². The van der Waals surface area contributed by atoms with Crippen LogP contribution < -0.4 is 0 Å². The van der Waals surface area contributed by atoms with Gasteiger partial charge in [0.05, 0.1) is 0 Å². The topological polar surface area (TPSA) is 109 Å². The van der Waals surface area contributed by atoms with Crippen molar-refractivity contribution in [3.8, 4) is 0 Å². The van der Waals surface area contributed by atoms with Crippen LogP contribution in [0.25, 0.3) is 0 Å². The van der Waals surface area contributed by atoms with Gasteiger partial charge >= 0.3 is 11.9 Å². The molecule has 0 spiro atoms. The van der Waals surface area contributed by atoms with Crippen LogP contribution in [-0.4, -0.2) is 33.7 Å². The smallest absolute Gasteiger partial charge is 0.336 e. The van der Waals surface area contributed by atoms with E-state index in [9.17, 15) is 19.2 Å². The van der Waals surface area contributed by atoms with Gasteiger partial charge in [-0.05, 0) is 13.8 Å². The van der Waals surface area contributed by atoms with Crippen LogP contribution >= 0.6 is 0 Å². The molecule has 0 atom stereocenters. The van der Waals surface area contributed by atoms with E-state index in [0.29, 0.717) is 0 Å². The first-order valence-electron chi connectivity index (χ1n) is 3.26. The van der Waals surface area contributed by atoms with Crippen LogP contribution in [0.5, 0.6) is 0 Å². The second kappa shape index (κ2) is 3.34. The molecule has 0 aromatic rings. The zero-order chi connectivity index (χ0) is 10.8. The molecule has 0 aliphatic heterocycles. The van der Waals surface area contributed by atoms with Crippen molar-refractivity contribution in [2.24, 2.45) is 5.41 Å². The molecule has 0 unspecified atom stereocenters. The predicted molar refractivity (Wildman–Crippen MR) is 39.1 cm³/mol. The van der Waals surface area contributed by atoms with Gasteiger partial charge in [-0.15, -0.1) is 0 Å². The van der Waals surface area contributed by atoms with Crippen molar-refractivity contribution in [3.63, 3.8) is 0 Å². The lowest BCUT2D eigenvalue weighted by Crippen LogP contribution is -2.50. The fourth-order valence-corrected chi connectivity index (χ4v) is 0.942. The molecule has 0 aromatic heterocycles. The van der Waals surface area contributed by atoms with Crippen molar-refractivity contribution in [1.29, 1.82) is 0 Å². The summed E-state index contributed by atoms with van der Waals surface area (Å²) in [6.07, 6.45) is 0. The number of aliphatic carboxylic acids is 2. The van der Waals surface area contributed by atoms with E-state index in [4.69, 9.17) is 10.2 Å². The van der Waals surface area contributed by atoms with Gasteiger partial charge < -0.3 is 10.2 Å². The van der Waals surface area contributed by atoms with Gasteiger partial charge in [-0.25, -0.2) is 0 Å². The van der Waals surface area contributed by atoms with Gasteiger partial charge in [-0.1, -0.05) is 0 Å². The predicted octanol–water partition coefficient (Wildman–Crippen LogP) is -0.680. The van der Waals surface area contributed by atoms with Crippen LogP contribution in [0.1, 0.15) is 13.8 Å². The third kappa shape index (κ3) is 1.42. The summed E-state index contributed by atoms with van der Waals surface area (Å²) < 4.78 is 0. The molecule has 2 N–H and O–H groups in total. The highest BCUT2D eigenvalue weighted by molar-refractivity contribution is 6.34. The lowest BCUT2D eigenvalue weighted by atomic mass is 9.80. The first-order chi connectivity index (χ1) is 5.77. The molecule has 0 saturated heterocycles. The molecule has 0 fully saturated rings. The molecule has 0 heterocycles. The Morgan fingerprint density at radius 1 is 0.846 bits per heavy atom. The Morgan fingerprint density at radius 3 is 1.08 bits per heavy atom. The number of hydrogen-bond acceptors (Lipinski definition) is 4. The van der Waals surface area contributed by atoms with E-state index in [0.717, 1.165) is 13.8 Å². The number of Topliss-reactive ketones (excluding diaryl/α,β-unsaturated/α-hetero) is 2. The highest BCUT2D eigenvalue weighted by atomic mass is 16.4. The van der Waals surface area contributed by atoms with E-state index in [-0.39, 0.29) is 0 Å². The first-order valence-corrected chi connectivity index (χ1v) is 3.26. The standard InChI is InChI=1S/C7H8O6/c1-3(8)7(4(2)9,5(10)11)6(12)13/h1-2H3,(H,10,11)(H,12,13). The molecule has 0 aliphatic carbocycles. The van der Waals surface area contributed by atoms with E-state index >= 15 is 0 Å². The average molecular weight is 188 g/mol. The molecule has 13 heavy (non-hydrogen) atoms. The van der Waals surface area contributed by atoms with Crippen molar-refractivity contribution in [1.82, 2.24) is 0 Å². The maximum atomic E-state index is 10.8. The van der Waals surface area contributed by atoms with Gasteiger partial charge in [0.15, 0.2) is 11.6 Å². The summed E-state index contributed by atoms with van der Waals surface area (Å²) in [4.78, 5) is 42.7. The number of rotatable bonds is 4. The summed E-state index contributed by atoms with van der Waals surface area (Å²) in [7, 11) is 0. The minimum Gasteiger partial charge on any atom is -0.480 e. The highest BCUT2D eigenvalue weighted by Crippen LogP contribution is 2.20. The minimum absolute atomic E-state index is 0.754. The molecular weight excluding hydrogens is 180 g/mol. The van der Waals surface area contributed by atoms with Crippen molar-refractivity contribution in [3.05, 3.63) is 0 Å². The number of carboxylic acid groups (broad SMARTS) is 2. The third-order valence-corrected chi connectivity index (χ3v) is 1.70. The van der Waals surface area contributed by atoms with Crippen molar-refractivity contribution < 1.29 is 29.4 Å². The van der Waals surface area contributed by atoms with E-state index in [1.165, 1.54) is 0 Å². The Hall–Kier alpha value is -1.72. The van der Waals surface area contributed by atoms with Crippen molar-refractivity contribution in [2.75, 3.05) is 0 Å². The first kappa shape index (κ1) is 11.3. The van der Waals surface area contributed by atoms with E-state index in [2.05, 4.69) is 0 Å². The molecule has 6 nitrogen and oxygen atoms in total. The monoisotopic (exact) mass is 188 g/mol. The Morgan fingerprint density at radius 2 is 1.08 bits per heavy atom. The Kier molecular flexibility index (Phi) is 2.90. The molecule has 0 saturated carbocycles. The van der Waals surface area contributed by atoms with Gasteiger partial charge in [0.25, 0.3) is 5.41 Å².